The van der Waals surface area contributed by atoms with Gasteiger partial charge in [-0.2, -0.15) is 0 Å². The Bertz CT molecular complexity index is 735. The summed E-state index contributed by atoms with van der Waals surface area (Å²) in [6.45, 7) is 3.71. The summed E-state index contributed by atoms with van der Waals surface area (Å²) in [5.41, 5.74) is 0.310. The molecule has 0 saturated heterocycles. The van der Waals surface area contributed by atoms with Crippen LogP contribution in [0.1, 0.15) is 19.5 Å². The predicted octanol–water partition coefficient (Wildman–Crippen LogP) is 3.89. The highest BCUT2D eigenvalue weighted by Crippen LogP contribution is 2.33. The van der Waals surface area contributed by atoms with Crippen molar-refractivity contribution in [1.82, 2.24) is 10.3 Å². The van der Waals surface area contributed by atoms with Crippen molar-refractivity contribution in [2.45, 2.75) is 32.8 Å². The van der Waals surface area contributed by atoms with Crippen LogP contribution in [0.4, 0.5) is 17.6 Å². The lowest BCUT2D eigenvalue weighted by atomic mass is 10.1. The Morgan fingerprint density at radius 2 is 1.85 bits per heavy atom. The van der Waals surface area contributed by atoms with E-state index in [9.17, 15) is 22.7 Å². The second kappa shape index (κ2) is 8.46. The highest BCUT2D eigenvalue weighted by molar-refractivity contribution is 5.67. The molecular formula is C18H20F4N2O2. The minimum absolute atomic E-state index is 0.0331. The van der Waals surface area contributed by atoms with Crippen LogP contribution in [-0.4, -0.2) is 29.1 Å². The third-order valence-corrected chi connectivity index (χ3v) is 3.84. The van der Waals surface area contributed by atoms with Crippen molar-refractivity contribution in [2.75, 3.05) is 6.61 Å². The minimum atomic E-state index is -4.84. The maximum absolute atomic E-state index is 14.0. The summed E-state index contributed by atoms with van der Waals surface area (Å²) in [5, 5.41) is 12.3. The summed E-state index contributed by atoms with van der Waals surface area (Å²) in [7, 11) is 0. The first kappa shape index (κ1) is 20.1. The predicted molar refractivity (Wildman–Crippen MR) is 88.9 cm³/mol. The zero-order valence-electron chi connectivity index (χ0n) is 14.3. The Kier molecular flexibility index (Phi) is 6.55. The van der Waals surface area contributed by atoms with Gasteiger partial charge in [-0.1, -0.05) is 26.0 Å². The van der Waals surface area contributed by atoms with Gasteiger partial charge in [0.1, 0.15) is 11.6 Å². The fraction of sp³-hybridized carbons (Fsp3) is 0.389. The Morgan fingerprint density at radius 1 is 1.15 bits per heavy atom. The van der Waals surface area contributed by atoms with Gasteiger partial charge in [0, 0.05) is 18.2 Å². The molecule has 8 heteroatoms. The lowest BCUT2D eigenvalue weighted by Crippen LogP contribution is -2.37. The molecule has 1 aromatic heterocycles. The topological polar surface area (TPSA) is 54.4 Å². The minimum Gasteiger partial charge on any atom is -0.405 e. The number of hydrogen-bond acceptors (Lipinski definition) is 4. The van der Waals surface area contributed by atoms with E-state index < -0.39 is 17.9 Å². The smallest absolute Gasteiger partial charge is 0.405 e. The number of ether oxygens (including phenoxy) is 1. The van der Waals surface area contributed by atoms with E-state index in [1.54, 1.807) is 6.07 Å². The van der Waals surface area contributed by atoms with Crippen LogP contribution < -0.4 is 10.1 Å². The monoisotopic (exact) mass is 372 g/mol. The van der Waals surface area contributed by atoms with E-state index in [0.717, 1.165) is 6.07 Å². The van der Waals surface area contributed by atoms with Gasteiger partial charge < -0.3 is 15.2 Å². The number of hydrogen-bond donors (Lipinski definition) is 2. The number of benzene rings is 1. The molecule has 0 amide bonds. The number of pyridine rings is 1. The van der Waals surface area contributed by atoms with Crippen molar-refractivity contribution in [3.05, 3.63) is 47.9 Å². The van der Waals surface area contributed by atoms with Crippen LogP contribution in [0.2, 0.25) is 0 Å². The van der Waals surface area contributed by atoms with Crippen LogP contribution >= 0.6 is 0 Å². The molecule has 0 aliphatic rings. The van der Waals surface area contributed by atoms with Crippen LogP contribution in [0.5, 0.6) is 5.75 Å². The van der Waals surface area contributed by atoms with E-state index in [1.165, 1.54) is 24.3 Å². The average Bonchev–Trinajstić information content (AvgIpc) is 2.56. The number of nitrogens with one attached hydrogen (secondary N) is 1. The van der Waals surface area contributed by atoms with E-state index in [-0.39, 0.29) is 42.1 Å². The number of aliphatic hydroxyl groups is 1. The van der Waals surface area contributed by atoms with Gasteiger partial charge in [-0.15, -0.1) is 13.2 Å². The SMILES string of the molecule is CC(C)[C@H](CO)NCc1nc(-c2ccccc2OC(F)(F)F)ccc1F. The van der Waals surface area contributed by atoms with Crippen LogP contribution in [-0.2, 0) is 6.54 Å². The number of rotatable bonds is 7. The molecule has 0 radical (unpaired) electrons. The second-order valence-electron chi connectivity index (χ2n) is 6.08. The summed E-state index contributed by atoms with van der Waals surface area (Å²) in [5.74, 6) is -0.878. The number of alkyl halides is 3. The summed E-state index contributed by atoms with van der Waals surface area (Å²) in [4.78, 5) is 4.13. The van der Waals surface area contributed by atoms with Gasteiger partial charge in [0.15, 0.2) is 0 Å². The molecule has 1 atom stereocenters. The van der Waals surface area contributed by atoms with E-state index in [2.05, 4.69) is 15.0 Å². The van der Waals surface area contributed by atoms with Gasteiger partial charge in [0.05, 0.1) is 18.0 Å². The molecule has 1 heterocycles. The molecule has 4 nitrogen and oxygen atoms in total. The van der Waals surface area contributed by atoms with Crippen molar-refractivity contribution in [2.24, 2.45) is 5.92 Å². The fourth-order valence-electron chi connectivity index (χ4n) is 2.39. The van der Waals surface area contributed by atoms with Crippen LogP contribution in [0.15, 0.2) is 36.4 Å². The molecule has 0 aliphatic heterocycles. The van der Waals surface area contributed by atoms with E-state index >= 15 is 0 Å². The second-order valence-corrected chi connectivity index (χ2v) is 6.08. The third kappa shape index (κ3) is 5.40. The van der Waals surface area contributed by atoms with Gasteiger partial charge >= 0.3 is 6.36 Å². The molecule has 0 fully saturated rings. The van der Waals surface area contributed by atoms with Crippen molar-refractivity contribution < 1.29 is 27.4 Å². The van der Waals surface area contributed by atoms with Gasteiger partial charge in [0.25, 0.3) is 0 Å². The van der Waals surface area contributed by atoms with Crippen molar-refractivity contribution in [3.8, 4) is 17.0 Å². The van der Waals surface area contributed by atoms with Crippen molar-refractivity contribution >= 4 is 0 Å². The Morgan fingerprint density at radius 3 is 2.46 bits per heavy atom. The summed E-state index contributed by atoms with van der Waals surface area (Å²) in [6.07, 6.45) is -4.84. The lowest BCUT2D eigenvalue weighted by molar-refractivity contribution is -0.274. The summed E-state index contributed by atoms with van der Waals surface area (Å²) >= 11 is 0. The van der Waals surface area contributed by atoms with E-state index in [0.29, 0.717) is 0 Å². The largest absolute Gasteiger partial charge is 0.573 e. The van der Waals surface area contributed by atoms with Gasteiger partial charge in [-0.3, -0.25) is 0 Å². The Balaban J connectivity index is 2.30. The van der Waals surface area contributed by atoms with Gasteiger partial charge in [0.2, 0.25) is 0 Å². The number of para-hydroxylation sites is 1. The number of aliphatic hydroxyl groups excluding tert-OH is 1. The molecule has 0 saturated carbocycles. The molecule has 1 aromatic carbocycles. The maximum atomic E-state index is 14.0. The lowest BCUT2D eigenvalue weighted by Gasteiger charge is -2.20. The first-order valence-electron chi connectivity index (χ1n) is 8.06. The molecule has 0 bridgehead atoms. The highest BCUT2D eigenvalue weighted by atomic mass is 19.4. The molecule has 2 N–H and O–H groups in total. The molecule has 2 rings (SSSR count). The van der Waals surface area contributed by atoms with E-state index in [4.69, 9.17) is 0 Å². The average molecular weight is 372 g/mol. The van der Waals surface area contributed by atoms with Crippen molar-refractivity contribution in [1.29, 1.82) is 0 Å². The van der Waals surface area contributed by atoms with Crippen LogP contribution in [0, 0.1) is 11.7 Å². The van der Waals surface area contributed by atoms with E-state index in [1.807, 2.05) is 13.8 Å². The standard InChI is InChI=1S/C18H20F4N2O2/c1-11(2)16(10-25)23-9-15-13(19)7-8-14(24-15)12-5-3-4-6-17(12)26-18(20,21)22/h3-8,11,16,23,25H,9-10H2,1-2H3/t16-/m0/s1. The molecule has 0 aliphatic carbocycles. The fourth-order valence-corrected chi connectivity index (χ4v) is 2.39. The maximum Gasteiger partial charge on any atom is 0.573 e. The highest BCUT2D eigenvalue weighted by Gasteiger charge is 2.32. The summed E-state index contributed by atoms with van der Waals surface area (Å²) < 4.78 is 55.8. The van der Waals surface area contributed by atoms with Crippen LogP contribution in [0.3, 0.4) is 0 Å². The number of aromatic nitrogens is 1. The molecule has 0 unspecified atom stereocenters. The normalized spacial score (nSPS) is 13.1. The zero-order valence-corrected chi connectivity index (χ0v) is 14.3. The molecule has 0 spiro atoms. The molecule has 142 valence electrons. The molecular weight excluding hydrogens is 352 g/mol. The Labute approximate surface area is 148 Å². The quantitative estimate of drug-likeness (QED) is 0.724. The number of halogens is 4. The molecule has 26 heavy (non-hydrogen) atoms. The summed E-state index contributed by atoms with van der Waals surface area (Å²) in [6, 6.07) is 7.74. The van der Waals surface area contributed by atoms with Gasteiger partial charge in [-0.05, 0) is 30.2 Å². The van der Waals surface area contributed by atoms with Crippen molar-refractivity contribution in [3.63, 3.8) is 0 Å². The van der Waals surface area contributed by atoms with Crippen LogP contribution in [0.25, 0.3) is 11.3 Å². The van der Waals surface area contributed by atoms with Gasteiger partial charge in [-0.25, -0.2) is 9.37 Å². The first-order chi connectivity index (χ1) is 12.2. The Hall–Kier alpha value is -2.19. The first-order valence-corrected chi connectivity index (χ1v) is 8.06. The third-order valence-electron chi connectivity index (χ3n) is 3.84. The number of nitrogens with zero attached hydrogens (tertiary/aromatic N) is 1. The molecule has 2 aromatic rings. The zero-order chi connectivity index (χ0) is 19.3.